The summed E-state index contributed by atoms with van der Waals surface area (Å²) < 4.78 is 2.60. The Labute approximate surface area is 202 Å². The van der Waals surface area contributed by atoms with E-state index in [1.165, 1.54) is 63.0 Å². The molecule has 1 aromatic heterocycles. The predicted octanol–water partition coefficient (Wildman–Crippen LogP) is 6.89. The Morgan fingerprint density at radius 3 is 2.09 bits per heavy atom. The molecule has 0 radical (unpaired) electrons. The fourth-order valence-corrected chi connectivity index (χ4v) is 4.77. The van der Waals surface area contributed by atoms with Crippen molar-refractivity contribution in [2.45, 2.75) is 39.2 Å². The van der Waals surface area contributed by atoms with Gasteiger partial charge in [0.2, 0.25) is 11.4 Å². The monoisotopic (exact) mass is 448 g/mol. The van der Waals surface area contributed by atoms with E-state index >= 15 is 0 Å². The molecule has 0 N–H and O–H groups in total. The van der Waals surface area contributed by atoms with Crippen LogP contribution < -0.4 is 4.57 Å². The lowest BCUT2D eigenvalue weighted by Gasteiger charge is -2.23. The van der Waals surface area contributed by atoms with E-state index in [1.54, 1.807) is 0 Å². The van der Waals surface area contributed by atoms with Crippen molar-refractivity contribution in [2.75, 3.05) is 0 Å². The van der Waals surface area contributed by atoms with E-state index in [9.17, 15) is 0 Å². The molecule has 0 aliphatic heterocycles. The van der Waals surface area contributed by atoms with Crippen LogP contribution in [-0.2, 0) is 32.0 Å². The van der Waals surface area contributed by atoms with Crippen molar-refractivity contribution in [3.05, 3.63) is 102 Å². The standard InChI is InChI=1S/C29H28N.CHNS/c1-2-3-20-30-28(24-15-8-5-9-16-24)21-27(22-12-6-4-7-13-22)26-19-18-23-14-10-11-17-25(23)29(26)30;2-1-3/h4-17,21H,2-3,18-20H2,1H3;3H/q+1;/p-1. The Balaban J connectivity index is 0.000000821. The van der Waals surface area contributed by atoms with Gasteiger partial charge in [0.05, 0.1) is 0 Å². The average molecular weight is 449 g/mol. The van der Waals surface area contributed by atoms with E-state index in [4.69, 9.17) is 5.26 Å². The molecule has 0 fully saturated rings. The van der Waals surface area contributed by atoms with Gasteiger partial charge in [0.25, 0.3) is 0 Å². The fraction of sp³-hybridized carbons (Fsp3) is 0.200. The molecule has 3 aromatic carbocycles. The van der Waals surface area contributed by atoms with Gasteiger partial charge in [-0.2, -0.15) is 4.57 Å². The molecular weight excluding hydrogens is 420 g/mol. The smallest absolute Gasteiger partial charge is 0.217 e. The second-order valence-corrected chi connectivity index (χ2v) is 8.44. The first-order valence-electron chi connectivity index (χ1n) is 11.6. The third kappa shape index (κ3) is 4.82. The molecule has 0 atom stereocenters. The minimum atomic E-state index is 1.05. The minimum Gasteiger partial charge on any atom is -0.696 e. The maximum absolute atomic E-state index is 7.13. The molecule has 3 heteroatoms. The third-order valence-corrected chi connectivity index (χ3v) is 6.26. The number of nitrogens with zero attached hydrogens (tertiary/aromatic N) is 2. The topological polar surface area (TPSA) is 27.7 Å². The lowest BCUT2D eigenvalue weighted by molar-refractivity contribution is -0.676. The maximum Gasteiger partial charge on any atom is 0.217 e. The zero-order chi connectivity index (χ0) is 23.0. The van der Waals surface area contributed by atoms with Crippen LogP contribution in [0.2, 0.25) is 0 Å². The minimum absolute atomic E-state index is 1.05. The quantitative estimate of drug-likeness (QED) is 0.189. The van der Waals surface area contributed by atoms with Gasteiger partial charge in [0.1, 0.15) is 6.54 Å². The van der Waals surface area contributed by atoms with Crippen molar-refractivity contribution in [1.29, 1.82) is 5.26 Å². The van der Waals surface area contributed by atoms with E-state index in [2.05, 4.69) is 115 Å². The van der Waals surface area contributed by atoms with Crippen molar-refractivity contribution in [3.63, 3.8) is 0 Å². The maximum atomic E-state index is 7.13. The largest absolute Gasteiger partial charge is 0.696 e. The second-order valence-electron chi connectivity index (χ2n) is 8.26. The first-order valence-corrected chi connectivity index (χ1v) is 12.0. The number of aromatic nitrogens is 1. The number of thiocyanates is 1. The highest BCUT2D eigenvalue weighted by Crippen LogP contribution is 2.39. The third-order valence-electron chi connectivity index (χ3n) is 6.26. The zero-order valence-corrected chi connectivity index (χ0v) is 19.8. The number of hydrogen-bond acceptors (Lipinski definition) is 2. The predicted molar refractivity (Wildman–Crippen MR) is 138 cm³/mol. The van der Waals surface area contributed by atoms with Crippen LogP contribution in [0.4, 0.5) is 0 Å². The highest BCUT2D eigenvalue weighted by Gasteiger charge is 2.31. The second kappa shape index (κ2) is 10.9. The van der Waals surface area contributed by atoms with Crippen LogP contribution in [0.5, 0.6) is 0 Å². The lowest BCUT2D eigenvalue weighted by atomic mass is 9.83. The number of pyridine rings is 1. The summed E-state index contributed by atoms with van der Waals surface area (Å²) in [4.78, 5) is 0. The number of hydrogen-bond donors (Lipinski definition) is 0. The molecule has 0 spiro atoms. The Bertz CT molecular complexity index is 1260. The summed E-state index contributed by atoms with van der Waals surface area (Å²) in [5, 5.41) is 8.47. The van der Waals surface area contributed by atoms with Crippen LogP contribution in [0.25, 0.3) is 33.6 Å². The first-order chi connectivity index (χ1) is 16.3. The van der Waals surface area contributed by atoms with Gasteiger partial charge in [0, 0.05) is 29.2 Å². The molecule has 1 heterocycles. The van der Waals surface area contributed by atoms with Gasteiger partial charge in [0.15, 0.2) is 0 Å². The molecular formula is C30H28N2S. The molecule has 33 heavy (non-hydrogen) atoms. The van der Waals surface area contributed by atoms with E-state index in [-0.39, 0.29) is 0 Å². The summed E-state index contributed by atoms with van der Waals surface area (Å²) in [6.07, 6.45) is 4.58. The first kappa shape index (κ1) is 22.7. The molecule has 164 valence electrons. The van der Waals surface area contributed by atoms with Crippen LogP contribution in [0.1, 0.15) is 30.9 Å². The molecule has 0 unspecified atom stereocenters. The van der Waals surface area contributed by atoms with Crippen molar-refractivity contribution in [2.24, 2.45) is 0 Å². The molecule has 2 nitrogen and oxygen atoms in total. The van der Waals surface area contributed by atoms with E-state index in [1.807, 2.05) is 0 Å². The number of benzene rings is 3. The van der Waals surface area contributed by atoms with Crippen LogP contribution in [-0.4, -0.2) is 0 Å². The Morgan fingerprint density at radius 1 is 0.818 bits per heavy atom. The van der Waals surface area contributed by atoms with Gasteiger partial charge >= 0.3 is 0 Å². The summed E-state index contributed by atoms with van der Waals surface area (Å²) in [7, 11) is 0. The fourth-order valence-electron chi connectivity index (χ4n) is 4.77. The molecule has 0 saturated heterocycles. The molecule has 1 aliphatic rings. The van der Waals surface area contributed by atoms with Gasteiger partial charge in [-0.15, -0.1) is 0 Å². The number of aryl methyl sites for hydroxylation is 1. The molecule has 1 aliphatic carbocycles. The SMILES string of the molecule is CCCC[n+]1c(-c2ccccc2)cc(-c2ccccc2)c2c1-c1ccccc1CC2.N#C[S-]. The van der Waals surface area contributed by atoms with Crippen molar-refractivity contribution in [1.82, 2.24) is 0 Å². The van der Waals surface area contributed by atoms with Gasteiger partial charge in [-0.25, -0.2) is 5.26 Å². The summed E-state index contributed by atoms with van der Waals surface area (Å²) in [6.45, 7) is 3.33. The normalized spacial score (nSPS) is 11.4. The van der Waals surface area contributed by atoms with E-state index < -0.39 is 0 Å². The van der Waals surface area contributed by atoms with E-state index in [0.717, 1.165) is 19.4 Å². The summed E-state index contributed by atoms with van der Waals surface area (Å²) in [5.41, 5.74) is 11.1. The molecule has 0 saturated carbocycles. The Morgan fingerprint density at radius 2 is 1.42 bits per heavy atom. The van der Waals surface area contributed by atoms with Gasteiger partial charge in [-0.1, -0.05) is 85.5 Å². The van der Waals surface area contributed by atoms with Gasteiger partial charge < -0.3 is 12.6 Å². The number of fused-ring (bicyclic) bond motifs is 3. The van der Waals surface area contributed by atoms with Gasteiger partial charge in [-0.05, 0) is 47.7 Å². The Kier molecular flexibility index (Phi) is 7.50. The van der Waals surface area contributed by atoms with Crippen LogP contribution in [0.15, 0.2) is 91.0 Å². The average Bonchev–Trinajstić information content (AvgIpc) is 2.88. The molecule has 4 aromatic rings. The van der Waals surface area contributed by atoms with Crippen molar-refractivity contribution in [3.8, 4) is 39.0 Å². The summed E-state index contributed by atoms with van der Waals surface area (Å²) >= 11 is 3.70. The highest BCUT2D eigenvalue weighted by molar-refractivity contribution is 7.64. The van der Waals surface area contributed by atoms with E-state index in [0.29, 0.717) is 0 Å². The van der Waals surface area contributed by atoms with Crippen molar-refractivity contribution >= 4 is 12.6 Å². The summed E-state index contributed by atoms with van der Waals surface area (Å²) in [5.74, 6) is 0. The highest BCUT2D eigenvalue weighted by atomic mass is 32.1. The lowest BCUT2D eigenvalue weighted by Crippen LogP contribution is -2.41. The number of unbranched alkanes of at least 4 members (excludes halogenated alkanes) is 1. The Hall–Kier alpha value is -3.48. The van der Waals surface area contributed by atoms with Gasteiger partial charge in [-0.3, -0.25) is 0 Å². The van der Waals surface area contributed by atoms with Crippen LogP contribution in [0, 0.1) is 10.7 Å². The molecule has 5 rings (SSSR count). The zero-order valence-electron chi connectivity index (χ0n) is 19.0. The van der Waals surface area contributed by atoms with Crippen LogP contribution in [0.3, 0.4) is 0 Å². The molecule has 0 amide bonds. The van der Waals surface area contributed by atoms with Crippen molar-refractivity contribution < 1.29 is 4.57 Å². The summed E-state index contributed by atoms with van der Waals surface area (Å²) in [6, 6.07) is 33.2. The van der Waals surface area contributed by atoms with Crippen LogP contribution >= 0.6 is 0 Å². The molecule has 0 bridgehead atoms. The number of rotatable bonds is 5. The number of nitriles is 1.